The van der Waals surface area contributed by atoms with E-state index in [0.717, 1.165) is 17.9 Å². The van der Waals surface area contributed by atoms with E-state index in [4.69, 9.17) is 12.6 Å². The Bertz CT molecular complexity index is 162. The van der Waals surface area contributed by atoms with Crippen molar-refractivity contribution in [2.24, 2.45) is 0 Å². The van der Waals surface area contributed by atoms with Crippen LogP contribution in [0.3, 0.4) is 0 Å². The van der Waals surface area contributed by atoms with Crippen LogP contribution in [0, 0.1) is 0 Å². The lowest BCUT2D eigenvalue weighted by Crippen LogP contribution is -2.22. The first-order chi connectivity index (χ1) is 8.18. The molecule has 1 atom stereocenters. The second-order valence-corrected chi connectivity index (χ2v) is 6.89. The third kappa shape index (κ3) is 10.6. The van der Waals surface area contributed by atoms with E-state index >= 15 is 0 Å². The molecular formula is C14H30S3. The van der Waals surface area contributed by atoms with Crippen LogP contribution in [0.2, 0.25) is 0 Å². The number of hydrogen-bond acceptors (Lipinski definition) is 3. The molecule has 0 saturated carbocycles. The van der Waals surface area contributed by atoms with E-state index in [1.54, 1.807) is 0 Å². The Balaban J connectivity index is 3.77. The van der Waals surface area contributed by atoms with Gasteiger partial charge in [-0.1, -0.05) is 45.4 Å². The van der Waals surface area contributed by atoms with E-state index in [2.05, 4.69) is 32.2 Å². The minimum Gasteiger partial charge on any atom is -0.179 e. The predicted octanol–water partition coefficient (Wildman–Crippen LogP) is 5.44. The third-order valence-corrected chi connectivity index (χ3v) is 4.58. The van der Waals surface area contributed by atoms with Crippen LogP contribution in [0.4, 0.5) is 0 Å². The molecule has 0 spiro atoms. The predicted molar refractivity (Wildman–Crippen MR) is 91.3 cm³/mol. The molecule has 0 heterocycles. The van der Waals surface area contributed by atoms with Crippen molar-refractivity contribution >= 4 is 37.9 Å². The largest absolute Gasteiger partial charge is 0.179 e. The van der Waals surface area contributed by atoms with Crippen molar-refractivity contribution in [1.82, 2.24) is 0 Å². The molecular weight excluding hydrogens is 264 g/mol. The van der Waals surface area contributed by atoms with Crippen LogP contribution in [0.25, 0.3) is 0 Å². The van der Waals surface area contributed by atoms with Crippen molar-refractivity contribution in [3.8, 4) is 0 Å². The molecule has 0 radical (unpaired) electrons. The highest BCUT2D eigenvalue weighted by Crippen LogP contribution is 2.32. The maximum Gasteiger partial charge on any atom is 0.0137 e. The summed E-state index contributed by atoms with van der Waals surface area (Å²) in [6.07, 6.45) is 12.9. The summed E-state index contributed by atoms with van der Waals surface area (Å²) in [6.45, 7) is 2.27. The lowest BCUT2D eigenvalue weighted by molar-refractivity contribution is 0.448. The van der Waals surface area contributed by atoms with Crippen molar-refractivity contribution in [3.63, 3.8) is 0 Å². The fraction of sp³-hybridized carbons (Fsp3) is 1.00. The summed E-state index contributed by atoms with van der Waals surface area (Å²) in [5.74, 6) is 1.96. The minimum absolute atomic E-state index is 0.233. The average Bonchev–Trinajstić information content (AvgIpc) is 2.29. The van der Waals surface area contributed by atoms with Gasteiger partial charge in [-0.25, -0.2) is 0 Å². The van der Waals surface area contributed by atoms with E-state index in [-0.39, 0.29) is 4.75 Å². The number of hydrogen-bond donors (Lipinski definition) is 3. The average molecular weight is 295 g/mol. The van der Waals surface area contributed by atoms with E-state index in [1.807, 2.05) is 0 Å². The zero-order valence-electron chi connectivity index (χ0n) is 11.3. The normalized spacial score (nSPS) is 14.8. The van der Waals surface area contributed by atoms with Crippen LogP contribution >= 0.6 is 37.9 Å². The van der Waals surface area contributed by atoms with Gasteiger partial charge in [0.25, 0.3) is 0 Å². The molecule has 0 aromatic rings. The zero-order chi connectivity index (χ0) is 13.0. The molecule has 0 aromatic carbocycles. The van der Waals surface area contributed by atoms with Gasteiger partial charge in [-0.2, -0.15) is 37.9 Å². The van der Waals surface area contributed by atoms with Gasteiger partial charge < -0.3 is 0 Å². The molecule has 104 valence electrons. The topological polar surface area (TPSA) is 0 Å². The maximum atomic E-state index is 4.92. The number of thiol groups is 3. The molecule has 0 aliphatic carbocycles. The zero-order valence-corrected chi connectivity index (χ0v) is 14.0. The van der Waals surface area contributed by atoms with Crippen molar-refractivity contribution in [2.75, 3.05) is 11.5 Å². The van der Waals surface area contributed by atoms with Crippen LogP contribution in [0.1, 0.15) is 71.1 Å². The van der Waals surface area contributed by atoms with E-state index in [0.29, 0.717) is 0 Å². The maximum absolute atomic E-state index is 4.92. The van der Waals surface area contributed by atoms with E-state index < -0.39 is 0 Å². The lowest BCUT2D eigenvalue weighted by Gasteiger charge is -2.28. The highest BCUT2D eigenvalue weighted by molar-refractivity contribution is 7.82. The van der Waals surface area contributed by atoms with Gasteiger partial charge in [0.05, 0.1) is 0 Å². The van der Waals surface area contributed by atoms with Gasteiger partial charge in [0.1, 0.15) is 0 Å². The van der Waals surface area contributed by atoms with Crippen molar-refractivity contribution in [1.29, 1.82) is 0 Å². The molecule has 0 fully saturated rings. The quantitative estimate of drug-likeness (QED) is 0.310. The Hall–Kier alpha value is 1.05. The first kappa shape index (κ1) is 18.0. The van der Waals surface area contributed by atoms with Gasteiger partial charge in [-0.05, 0) is 37.2 Å². The molecule has 0 aromatic heterocycles. The highest BCUT2D eigenvalue weighted by Gasteiger charge is 2.23. The summed E-state index contributed by atoms with van der Waals surface area (Å²) in [5.41, 5.74) is 0. The Morgan fingerprint density at radius 3 is 1.82 bits per heavy atom. The molecule has 0 saturated heterocycles. The van der Waals surface area contributed by atoms with Crippen LogP contribution in [-0.4, -0.2) is 16.3 Å². The second-order valence-electron chi connectivity index (χ2n) is 5.04. The van der Waals surface area contributed by atoms with Gasteiger partial charge in [-0.3, -0.25) is 0 Å². The Morgan fingerprint density at radius 2 is 1.29 bits per heavy atom. The molecule has 0 nitrogen and oxygen atoms in total. The van der Waals surface area contributed by atoms with Crippen LogP contribution in [0.15, 0.2) is 0 Å². The molecule has 3 heteroatoms. The number of unbranched alkanes of at least 4 members (excludes halogenated alkanes) is 5. The Kier molecular flexibility index (Phi) is 12.9. The van der Waals surface area contributed by atoms with E-state index in [9.17, 15) is 0 Å². The first-order valence-corrected chi connectivity index (χ1v) is 8.84. The smallest absolute Gasteiger partial charge is 0.0137 e. The van der Waals surface area contributed by atoms with Gasteiger partial charge in [0.15, 0.2) is 0 Å². The fourth-order valence-electron chi connectivity index (χ4n) is 2.21. The van der Waals surface area contributed by atoms with Crippen molar-refractivity contribution in [2.45, 2.75) is 75.9 Å². The van der Waals surface area contributed by atoms with Gasteiger partial charge in [0.2, 0.25) is 0 Å². The third-order valence-electron chi connectivity index (χ3n) is 3.37. The first-order valence-electron chi connectivity index (χ1n) is 7.12. The highest BCUT2D eigenvalue weighted by atomic mass is 32.1. The lowest BCUT2D eigenvalue weighted by atomic mass is 9.91. The standard InChI is InChI=1S/C14H30S3/c1-2-3-4-5-6-9-14(17,11-13-16)10-7-8-12-15/h15-17H,2-13H2,1H3. The Labute approximate surface area is 125 Å². The fourth-order valence-corrected chi connectivity index (χ4v) is 3.46. The van der Waals surface area contributed by atoms with Gasteiger partial charge in [-0.15, -0.1) is 0 Å². The Morgan fingerprint density at radius 1 is 0.706 bits per heavy atom. The summed E-state index contributed by atoms with van der Waals surface area (Å²) in [5, 5.41) is 0. The summed E-state index contributed by atoms with van der Waals surface area (Å²) in [4.78, 5) is 0. The molecule has 0 N–H and O–H groups in total. The monoisotopic (exact) mass is 294 g/mol. The molecule has 0 rings (SSSR count). The van der Waals surface area contributed by atoms with E-state index in [1.165, 1.54) is 57.8 Å². The summed E-state index contributed by atoms with van der Waals surface area (Å²) < 4.78 is 0.233. The molecule has 1 unspecified atom stereocenters. The minimum atomic E-state index is 0.233. The summed E-state index contributed by atoms with van der Waals surface area (Å²) in [6, 6.07) is 0. The molecule has 0 bridgehead atoms. The van der Waals surface area contributed by atoms with Crippen LogP contribution < -0.4 is 0 Å². The molecule has 0 aliphatic rings. The summed E-state index contributed by atoms with van der Waals surface area (Å²) >= 11 is 13.6. The molecule has 17 heavy (non-hydrogen) atoms. The van der Waals surface area contributed by atoms with Crippen LogP contribution in [0.5, 0.6) is 0 Å². The van der Waals surface area contributed by atoms with Crippen LogP contribution in [-0.2, 0) is 0 Å². The second kappa shape index (κ2) is 12.1. The SMILES string of the molecule is CCCCCCCC(S)(CCS)CCCCS. The van der Waals surface area contributed by atoms with Crippen molar-refractivity contribution < 1.29 is 0 Å². The summed E-state index contributed by atoms with van der Waals surface area (Å²) in [7, 11) is 0. The van der Waals surface area contributed by atoms with Gasteiger partial charge >= 0.3 is 0 Å². The molecule has 0 amide bonds. The molecule has 0 aliphatic heterocycles. The number of rotatable bonds is 12. The van der Waals surface area contributed by atoms with Gasteiger partial charge in [0, 0.05) is 4.75 Å². The van der Waals surface area contributed by atoms with Crippen molar-refractivity contribution in [3.05, 3.63) is 0 Å².